The van der Waals surface area contributed by atoms with Crippen LogP contribution in [-0.4, -0.2) is 32.1 Å². The van der Waals surface area contributed by atoms with E-state index in [1.54, 1.807) is 11.0 Å². The second-order valence-corrected chi connectivity index (χ2v) is 5.96. The molecule has 0 unspecified atom stereocenters. The zero-order valence-electron chi connectivity index (χ0n) is 13.6. The van der Waals surface area contributed by atoms with Gasteiger partial charge in [0.15, 0.2) is 0 Å². The van der Waals surface area contributed by atoms with Crippen molar-refractivity contribution in [3.8, 4) is 0 Å². The third-order valence-corrected chi connectivity index (χ3v) is 3.80. The second-order valence-electron chi connectivity index (χ2n) is 5.96. The number of carbonyl (C=O) groups is 1. The van der Waals surface area contributed by atoms with Gasteiger partial charge in [-0.05, 0) is 25.8 Å². The number of carbonyl (C=O) groups excluding carboxylic acids is 1. The van der Waals surface area contributed by atoms with Crippen LogP contribution in [0.1, 0.15) is 39.2 Å². The van der Waals surface area contributed by atoms with Crippen LogP contribution in [0, 0.1) is 0 Å². The summed E-state index contributed by atoms with van der Waals surface area (Å²) in [7, 11) is 0. The Hall–Kier alpha value is -2.17. The molecule has 0 saturated carbocycles. The van der Waals surface area contributed by atoms with Crippen LogP contribution in [-0.2, 0) is 16.9 Å². The maximum atomic E-state index is 13.0. The molecule has 5 nitrogen and oxygen atoms in total. The van der Waals surface area contributed by atoms with Crippen molar-refractivity contribution in [1.29, 1.82) is 0 Å². The zero-order chi connectivity index (χ0) is 16.0. The van der Waals surface area contributed by atoms with Gasteiger partial charge in [-0.15, -0.1) is 0 Å². The summed E-state index contributed by atoms with van der Waals surface area (Å²) in [5.74, 6) is 0.0651. The van der Waals surface area contributed by atoms with Crippen LogP contribution in [0.15, 0.2) is 43.0 Å². The molecule has 0 radical (unpaired) electrons. The van der Waals surface area contributed by atoms with Crippen molar-refractivity contribution in [2.24, 2.45) is 0 Å². The van der Waals surface area contributed by atoms with Crippen LogP contribution in [0.4, 0.5) is 0 Å². The fourth-order valence-corrected chi connectivity index (χ4v) is 2.39. The van der Waals surface area contributed by atoms with Gasteiger partial charge < -0.3 is 4.90 Å². The Kier molecular flexibility index (Phi) is 5.31. The van der Waals surface area contributed by atoms with Gasteiger partial charge in [0, 0.05) is 13.1 Å². The third-order valence-electron chi connectivity index (χ3n) is 3.80. The summed E-state index contributed by atoms with van der Waals surface area (Å²) in [6.45, 7) is 7.27. The molecule has 22 heavy (non-hydrogen) atoms. The predicted molar refractivity (Wildman–Crippen MR) is 86.1 cm³/mol. The molecule has 5 heteroatoms. The maximum absolute atomic E-state index is 13.0. The average Bonchev–Trinajstić information content (AvgIpc) is 3.07. The third kappa shape index (κ3) is 3.72. The molecule has 1 aromatic carbocycles. The topological polar surface area (TPSA) is 51.0 Å². The lowest BCUT2D eigenvalue weighted by Crippen LogP contribution is -2.47. The van der Waals surface area contributed by atoms with Crippen molar-refractivity contribution >= 4 is 5.91 Å². The van der Waals surface area contributed by atoms with Crippen molar-refractivity contribution in [1.82, 2.24) is 19.7 Å². The fourth-order valence-electron chi connectivity index (χ4n) is 2.39. The van der Waals surface area contributed by atoms with Gasteiger partial charge >= 0.3 is 0 Å². The summed E-state index contributed by atoms with van der Waals surface area (Å²) in [5.41, 5.74) is 0.403. The van der Waals surface area contributed by atoms with Crippen LogP contribution >= 0.6 is 0 Å². The number of aromatic nitrogens is 3. The number of benzene rings is 1. The second kappa shape index (κ2) is 7.20. The number of hydrogen-bond acceptors (Lipinski definition) is 3. The molecule has 0 spiro atoms. The summed E-state index contributed by atoms with van der Waals surface area (Å²) in [4.78, 5) is 18.9. The fraction of sp³-hybridized carbons (Fsp3) is 0.471. The van der Waals surface area contributed by atoms with Gasteiger partial charge in [-0.25, -0.2) is 9.67 Å². The van der Waals surface area contributed by atoms with Gasteiger partial charge in [0.25, 0.3) is 0 Å². The van der Waals surface area contributed by atoms with Crippen molar-refractivity contribution in [2.75, 3.05) is 6.54 Å². The van der Waals surface area contributed by atoms with E-state index in [0.717, 1.165) is 24.9 Å². The number of unbranched alkanes of at least 4 members (excludes halogenated alkanes) is 1. The molecule has 0 aliphatic carbocycles. The van der Waals surface area contributed by atoms with Crippen LogP contribution in [0.5, 0.6) is 0 Å². The molecule has 0 N–H and O–H groups in total. The maximum Gasteiger partial charge on any atom is 0.250 e. The molecular formula is C17H24N4O. The number of hydrogen-bond donors (Lipinski definition) is 0. The summed E-state index contributed by atoms with van der Waals surface area (Å²) in [6, 6.07) is 10.1. The van der Waals surface area contributed by atoms with E-state index in [-0.39, 0.29) is 5.91 Å². The van der Waals surface area contributed by atoms with Crippen molar-refractivity contribution in [3.05, 3.63) is 48.5 Å². The molecule has 2 aromatic rings. The van der Waals surface area contributed by atoms with Gasteiger partial charge in [0.2, 0.25) is 5.91 Å². The highest BCUT2D eigenvalue weighted by Gasteiger charge is 2.34. The minimum absolute atomic E-state index is 0.0651. The summed E-state index contributed by atoms with van der Waals surface area (Å²) in [5, 5.41) is 4.14. The van der Waals surface area contributed by atoms with Gasteiger partial charge in [-0.2, -0.15) is 5.10 Å². The lowest BCUT2D eigenvalue weighted by atomic mass is 10.0. The van der Waals surface area contributed by atoms with Crippen molar-refractivity contribution in [2.45, 2.75) is 45.7 Å². The first-order chi connectivity index (χ1) is 10.6. The highest BCUT2D eigenvalue weighted by atomic mass is 16.2. The molecule has 118 valence electrons. The van der Waals surface area contributed by atoms with E-state index in [0.29, 0.717) is 6.54 Å². The van der Waals surface area contributed by atoms with Gasteiger partial charge in [-0.3, -0.25) is 4.79 Å². The van der Waals surface area contributed by atoms with Crippen LogP contribution in [0.2, 0.25) is 0 Å². The molecule has 1 heterocycles. The quantitative estimate of drug-likeness (QED) is 0.790. The Labute approximate surface area is 132 Å². The molecule has 1 amide bonds. The molecular weight excluding hydrogens is 276 g/mol. The van der Waals surface area contributed by atoms with E-state index in [9.17, 15) is 4.79 Å². The minimum Gasteiger partial charge on any atom is -0.336 e. The number of nitrogens with zero attached hydrogens (tertiary/aromatic N) is 4. The van der Waals surface area contributed by atoms with Crippen LogP contribution in [0.25, 0.3) is 0 Å². The number of amides is 1. The molecule has 1 aromatic heterocycles. The zero-order valence-corrected chi connectivity index (χ0v) is 13.6. The number of rotatable bonds is 7. The first-order valence-corrected chi connectivity index (χ1v) is 7.74. The van der Waals surface area contributed by atoms with E-state index < -0.39 is 5.54 Å². The van der Waals surface area contributed by atoms with Crippen molar-refractivity contribution < 1.29 is 4.79 Å². The predicted octanol–water partition coefficient (Wildman–Crippen LogP) is 2.84. The summed E-state index contributed by atoms with van der Waals surface area (Å²) < 4.78 is 1.62. The van der Waals surface area contributed by atoms with E-state index >= 15 is 0 Å². The van der Waals surface area contributed by atoms with E-state index in [2.05, 4.69) is 29.1 Å². The summed E-state index contributed by atoms with van der Waals surface area (Å²) >= 11 is 0. The Balaban J connectivity index is 2.19. The molecule has 0 aliphatic heterocycles. The monoisotopic (exact) mass is 300 g/mol. The molecule has 0 fully saturated rings. The molecule has 0 atom stereocenters. The van der Waals surface area contributed by atoms with E-state index in [4.69, 9.17) is 0 Å². The Bertz CT molecular complexity index is 578. The van der Waals surface area contributed by atoms with Gasteiger partial charge in [-0.1, -0.05) is 43.7 Å². The normalized spacial score (nSPS) is 11.4. The van der Waals surface area contributed by atoms with Crippen LogP contribution < -0.4 is 0 Å². The molecule has 2 rings (SSSR count). The van der Waals surface area contributed by atoms with Gasteiger partial charge in [0.1, 0.15) is 18.2 Å². The Morgan fingerprint density at radius 1 is 1.27 bits per heavy atom. The lowest BCUT2D eigenvalue weighted by Gasteiger charge is -2.32. The van der Waals surface area contributed by atoms with Crippen molar-refractivity contribution in [3.63, 3.8) is 0 Å². The molecule has 0 aliphatic rings. The van der Waals surface area contributed by atoms with E-state index in [1.165, 1.54) is 6.33 Å². The Morgan fingerprint density at radius 2 is 2.00 bits per heavy atom. The summed E-state index contributed by atoms with van der Waals surface area (Å²) in [6.07, 6.45) is 5.11. The largest absolute Gasteiger partial charge is 0.336 e. The highest BCUT2D eigenvalue weighted by Crippen LogP contribution is 2.19. The Morgan fingerprint density at radius 3 is 2.59 bits per heavy atom. The minimum atomic E-state index is -0.737. The standard InChI is InChI=1S/C17H24N4O/c1-4-5-11-20(12-15-9-7-6-8-10-15)16(22)17(2,3)21-14-18-13-19-21/h6-10,13-14H,4-5,11-12H2,1-3H3. The first kappa shape index (κ1) is 16.2. The SMILES string of the molecule is CCCCN(Cc1ccccc1)C(=O)C(C)(C)n1cncn1. The van der Waals surface area contributed by atoms with Crippen LogP contribution in [0.3, 0.4) is 0 Å². The average molecular weight is 300 g/mol. The first-order valence-electron chi connectivity index (χ1n) is 7.74. The lowest BCUT2D eigenvalue weighted by molar-refractivity contribution is -0.140. The van der Waals surface area contributed by atoms with E-state index in [1.807, 2.05) is 36.9 Å². The molecule has 0 saturated heterocycles. The highest BCUT2D eigenvalue weighted by molar-refractivity contribution is 5.83. The van der Waals surface area contributed by atoms with Gasteiger partial charge in [0.05, 0.1) is 0 Å². The molecule has 0 bridgehead atoms. The smallest absolute Gasteiger partial charge is 0.250 e.